The van der Waals surface area contributed by atoms with Gasteiger partial charge in [-0.2, -0.15) is 0 Å². The summed E-state index contributed by atoms with van der Waals surface area (Å²) in [5.74, 6) is 1.88. The SMILES string of the molecule is COc1ccc2nc(-c3ccc(Cl)nc3)n(C(C(=O)NC3CCCCC3)C3CCCCC3)c2c1. The standard InChI is InChI=1S/C27H33ClN4O2/c1-34-21-13-14-22-23(16-21)32(26(31-22)19-12-15-24(28)29-17-19)25(18-8-4-2-5-9-18)27(33)30-20-10-6-3-7-11-20/h12-18,20,25H,2-11H2,1H3,(H,30,33). The summed E-state index contributed by atoms with van der Waals surface area (Å²) in [6.45, 7) is 0. The average molecular weight is 481 g/mol. The highest BCUT2D eigenvalue weighted by atomic mass is 35.5. The van der Waals surface area contributed by atoms with Crippen LogP contribution in [0.3, 0.4) is 0 Å². The van der Waals surface area contributed by atoms with Crippen LogP contribution in [-0.4, -0.2) is 33.6 Å². The number of imidazole rings is 1. The van der Waals surface area contributed by atoms with Gasteiger partial charge >= 0.3 is 0 Å². The summed E-state index contributed by atoms with van der Waals surface area (Å²) in [6, 6.07) is 9.52. The number of hydrogen-bond acceptors (Lipinski definition) is 4. The molecule has 2 aliphatic rings. The van der Waals surface area contributed by atoms with Crippen molar-refractivity contribution in [3.8, 4) is 17.1 Å². The molecule has 0 radical (unpaired) electrons. The van der Waals surface area contributed by atoms with E-state index in [1.165, 1.54) is 25.7 Å². The topological polar surface area (TPSA) is 69.0 Å². The number of hydrogen-bond donors (Lipinski definition) is 1. The Balaban J connectivity index is 1.64. The zero-order chi connectivity index (χ0) is 23.5. The molecule has 2 aromatic heterocycles. The molecule has 2 fully saturated rings. The predicted octanol–water partition coefficient (Wildman–Crippen LogP) is 6.33. The number of benzene rings is 1. The van der Waals surface area contributed by atoms with E-state index >= 15 is 0 Å². The van der Waals surface area contributed by atoms with E-state index in [2.05, 4.69) is 14.9 Å². The first-order valence-electron chi connectivity index (χ1n) is 12.6. The number of methoxy groups -OCH3 is 1. The summed E-state index contributed by atoms with van der Waals surface area (Å²) >= 11 is 6.08. The highest BCUT2D eigenvalue weighted by Gasteiger charge is 2.35. The molecule has 0 spiro atoms. The molecule has 0 saturated heterocycles. The molecule has 2 saturated carbocycles. The van der Waals surface area contributed by atoms with Gasteiger partial charge in [0.05, 0.1) is 18.1 Å². The lowest BCUT2D eigenvalue weighted by Crippen LogP contribution is -2.43. The zero-order valence-corrected chi connectivity index (χ0v) is 20.6. The third kappa shape index (κ3) is 4.78. The zero-order valence-electron chi connectivity index (χ0n) is 19.8. The second kappa shape index (κ2) is 10.3. The predicted molar refractivity (Wildman–Crippen MR) is 135 cm³/mol. The monoisotopic (exact) mass is 480 g/mol. The van der Waals surface area contributed by atoms with Gasteiger partial charge in [-0.1, -0.05) is 50.1 Å². The van der Waals surface area contributed by atoms with E-state index in [1.54, 1.807) is 19.4 Å². The Bertz CT molecular complexity index is 1130. The molecule has 0 aliphatic heterocycles. The van der Waals surface area contributed by atoms with E-state index in [4.69, 9.17) is 21.3 Å². The minimum absolute atomic E-state index is 0.115. The van der Waals surface area contributed by atoms with E-state index in [9.17, 15) is 4.79 Å². The highest BCUT2D eigenvalue weighted by Crippen LogP contribution is 2.39. The Morgan fingerprint density at radius 2 is 1.79 bits per heavy atom. The van der Waals surface area contributed by atoms with Gasteiger partial charge in [0.15, 0.2) is 0 Å². The van der Waals surface area contributed by atoms with Gasteiger partial charge in [-0.05, 0) is 55.9 Å². The fraction of sp³-hybridized carbons (Fsp3) is 0.519. The number of ether oxygens (including phenoxy) is 1. The Labute approximate surface area is 206 Å². The summed E-state index contributed by atoms with van der Waals surface area (Å²) in [6.07, 6.45) is 13.2. The van der Waals surface area contributed by atoms with E-state index in [0.29, 0.717) is 5.15 Å². The molecule has 3 aromatic rings. The Hall–Kier alpha value is -2.60. The van der Waals surface area contributed by atoms with Crippen molar-refractivity contribution in [2.45, 2.75) is 76.3 Å². The van der Waals surface area contributed by atoms with Crippen LogP contribution in [0, 0.1) is 5.92 Å². The molecular weight excluding hydrogens is 448 g/mol. The number of amides is 1. The first-order valence-corrected chi connectivity index (χ1v) is 13.0. The van der Waals surface area contributed by atoms with Crippen LogP contribution in [0.5, 0.6) is 5.75 Å². The number of pyridine rings is 1. The number of fused-ring (bicyclic) bond motifs is 1. The molecular formula is C27H33ClN4O2. The van der Waals surface area contributed by atoms with E-state index in [-0.39, 0.29) is 23.9 Å². The van der Waals surface area contributed by atoms with E-state index in [0.717, 1.165) is 66.7 Å². The first kappa shape index (κ1) is 23.2. The number of aromatic nitrogens is 3. The molecule has 7 heteroatoms. The van der Waals surface area contributed by atoms with Gasteiger partial charge in [-0.25, -0.2) is 9.97 Å². The number of halogens is 1. The van der Waals surface area contributed by atoms with Gasteiger partial charge in [-0.15, -0.1) is 0 Å². The van der Waals surface area contributed by atoms with Crippen LogP contribution in [0.1, 0.15) is 70.3 Å². The van der Waals surface area contributed by atoms with Crippen LogP contribution < -0.4 is 10.1 Å². The fourth-order valence-electron chi connectivity index (χ4n) is 5.72. The summed E-state index contributed by atoms with van der Waals surface area (Å²) in [7, 11) is 1.67. The van der Waals surface area contributed by atoms with Gasteiger partial charge in [-0.3, -0.25) is 4.79 Å². The molecule has 1 N–H and O–H groups in total. The van der Waals surface area contributed by atoms with Crippen LogP contribution in [0.25, 0.3) is 22.4 Å². The molecule has 34 heavy (non-hydrogen) atoms. The van der Waals surface area contributed by atoms with Crippen molar-refractivity contribution in [1.82, 2.24) is 19.9 Å². The molecule has 1 aromatic carbocycles. The minimum Gasteiger partial charge on any atom is -0.497 e. The smallest absolute Gasteiger partial charge is 0.243 e. The van der Waals surface area contributed by atoms with Gasteiger partial charge in [0.1, 0.15) is 22.8 Å². The molecule has 6 nitrogen and oxygen atoms in total. The fourth-order valence-corrected chi connectivity index (χ4v) is 5.83. The molecule has 5 rings (SSSR count). The number of carbonyl (C=O) groups excluding carboxylic acids is 1. The largest absolute Gasteiger partial charge is 0.497 e. The lowest BCUT2D eigenvalue weighted by molar-refractivity contribution is -0.127. The van der Waals surface area contributed by atoms with Crippen LogP contribution in [0.15, 0.2) is 36.5 Å². The van der Waals surface area contributed by atoms with Crippen molar-refractivity contribution in [2.24, 2.45) is 5.92 Å². The molecule has 180 valence electrons. The molecule has 2 aliphatic carbocycles. The lowest BCUT2D eigenvalue weighted by Gasteiger charge is -2.33. The summed E-state index contributed by atoms with van der Waals surface area (Å²) in [5, 5.41) is 3.87. The van der Waals surface area contributed by atoms with Gasteiger partial charge < -0.3 is 14.6 Å². The summed E-state index contributed by atoms with van der Waals surface area (Å²) in [5.41, 5.74) is 2.61. The first-order chi connectivity index (χ1) is 16.6. The molecule has 2 heterocycles. The maximum Gasteiger partial charge on any atom is 0.243 e. The summed E-state index contributed by atoms with van der Waals surface area (Å²) in [4.78, 5) is 23.3. The van der Waals surface area contributed by atoms with Crippen LogP contribution in [-0.2, 0) is 4.79 Å². The number of carbonyl (C=O) groups is 1. The molecule has 1 unspecified atom stereocenters. The van der Waals surface area contributed by atoms with Crippen LogP contribution >= 0.6 is 11.6 Å². The maximum atomic E-state index is 14.0. The lowest BCUT2D eigenvalue weighted by atomic mass is 9.82. The quantitative estimate of drug-likeness (QED) is 0.418. The number of rotatable bonds is 6. The Morgan fingerprint density at radius 3 is 2.47 bits per heavy atom. The average Bonchev–Trinajstić information content (AvgIpc) is 3.24. The van der Waals surface area contributed by atoms with Crippen molar-refractivity contribution in [2.75, 3.05) is 7.11 Å². The van der Waals surface area contributed by atoms with Crippen LogP contribution in [0.2, 0.25) is 5.15 Å². The molecule has 1 amide bonds. The van der Waals surface area contributed by atoms with Crippen molar-refractivity contribution in [3.63, 3.8) is 0 Å². The summed E-state index contributed by atoms with van der Waals surface area (Å²) < 4.78 is 7.69. The van der Waals surface area contributed by atoms with Gasteiger partial charge in [0.25, 0.3) is 0 Å². The highest BCUT2D eigenvalue weighted by molar-refractivity contribution is 6.29. The van der Waals surface area contributed by atoms with Crippen molar-refractivity contribution in [1.29, 1.82) is 0 Å². The van der Waals surface area contributed by atoms with Crippen LogP contribution in [0.4, 0.5) is 0 Å². The van der Waals surface area contributed by atoms with E-state index in [1.807, 2.05) is 24.3 Å². The Morgan fingerprint density at radius 1 is 1.06 bits per heavy atom. The van der Waals surface area contributed by atoms with Gasteiger partial charge in [0.2, 0.25) is 5.91 Å². The van der Waals surface area contributed by atoms with Crippen molar-refractivity contribution >= 4 is 28.5 Å². The minimum atomic E-state index is -0.329. The number of nitrogens with one attached hydrogen (secondary N) is 1. The second-order valence-corrected chi connectivity index (χ2v) is 10.1. The molecule has 0 bridgehead atoms. The Kier molecular flexibility index (Phi) is 7.05. The second-order valence-electron chi connectivity index (χ2n) is 9.72. The van der Waals surface area contributed by atoms with Gasteiger partial charge in [0, 0.05) is 23.9 Å². The third-order valence-corrected chi connectivity index (χ3v) is 7.70. The molecule has 1 atom stereocenters. The normalized spacial score (nSPS) is 18.6. The maximum absolute atomic E-state index is 14.0. The van der Waals surface area contributed by atoms with Crippen molar-refractivity contribution < 1.29 is 9.53 Å². The van der Waals surface area contributed by atoms with Crippen molar-refractivity contribution in [3.05, 3.63) is 41.7 Å². The third-order valence-electron chi connectivity index (χ3n) is 7.48. The van der Waals surface area contributed by atoms with E-state index < -0.39 is 0 Å². The number of nitrogens with zero attached hydrogens (tertiary/aromatic N) is 3.